The maximum atomic E-state index is 11.4. The fraction of sp³-hybridized carbons (Fsp3) is 0.500. The summed E-state index contributed by atoms with van der Waals surface area (Å²) < 4.78 is 11.4. The number of hydrogen-bond donors (Lipinski definition) is 1. The van der Waals surface area contributed by atoms with Gasteiger partial charge in [0.2, 0.25) is 0 Å². The second-order valence-electron chi connectivity index (χ2n) is 0.776. The van der Waals surface area contributed by atoms with E-state index in [1.54, 1.807) is 0 Å². The van der Waals surface area contributed by atoms with Crippen LogP contribution in [0, 0.1) is 6.08 Å². The highest BCUT2D eigenvalue weighted by Gasteiger charge is 1.81. The fourth-order valence-electron chi connectivity index (χ4n) is 0.191. The molecule has 0 aliphatic heterocycles. The van der Waals surface area contributed by atoms with Crippen molar-refractivity contribution in [3.8, 4) is 0 Å². The number of nitrogens with zero attached hydrogens (tertiary/aromatic N) is 2. The van der Waals surface area contributed by atoms with Gasteiger partial charge in [0.1, 0.15) is 6.33 Å². The van der Waals surface area contributed by atoms with Gasteiger partial charge in [-0.05, 0) is 0 Å². The van der Waals surface area contributed by atoms with Crippen LogP contribution in [0.1, 0.15) is 13.8 Å². The molecular weight excluding hydrogens is 109 g/mol. The predicted octanol–water partition coefficient (Wildman–Crippen LogP) is 0.970. The zero-order valence-electron chi connectivity index (χ0n) is 4.85. The van der Waals surface area contributed by atoms with E-state index in [0.717, 1.165) is 6.33 Å². The predicted molar refractivity (Wildman–Crippen MR) is 27.7 cm³/mol. The van der Waals surface area contributed by atoms with Crippen LogP contribution in [0.25, 0.3) is 0 Å². The number of rotatable bonds is 0. The molecular formula is C4H8FN3. The zero-order valence-corrected chi connectivity index (χ0v) is 4.85. The highest BCUT2D eigenvalue weighted by atomic mass is 19.1. The van der Waals surface area contributed by atoms with Gasteiger partial charge in [0, 0.05) is 0 Å². The Morgan fingerprint density at radius 2 is 2.25 bits per heavy atom. The monoisotopic (exact) mass is 117 g/mol. The Morgan fingerprint density at radius 3 is 2.38 bits per heavy atom. The normalized spacial score (nSPS) is 7.38. The molecule has 0 aromatic carbocycles. The maximum absolute atomic E-state index is 11.4. The molecule has 0 atom stereocenters. The summed E-state index contributed by atoms with van der Waals surface area (Å²) >= 11 is 0. The van der Waals surface area contributed by atoms with E-state index in [1.807, 2.05) is 18.9 Å². The van der Waals surface area contributed by atoms with Crippen LogP contribution in [-0.4, -0.2) is 15.2 Å². The molecule has 1 N–H and O–H groups in total. The van der Waals surface area contributed by atoms with E-state index in [0.29, 0.717) is 0 Å². The minimum Gasteiger partial charge on any atom is -0.235 e. The van der Waals surface area contributed by atoms with Gasteiger partial charge in [-0.25, -0.2) is 5.10 Å². The third-order valence-corrected chi connectivity index (χ3v) is 0.386. The van der Waals surface area contributed by atoms with Gasteiger partial charge in [-0.15, -0.1) is 0 Å². The highest BCUT2D eigenvalue weighted by molar-refractivity contribution is 4.50. The molecule has 4 heteroatoms. The lowest BCUT2D eigenvalue weighted by molar-refractivity contribution is 0.544. The average molecular weight is 117 g/mol. The minimum absolute atomic E-state index is 0.644. The lowest BCUT2D eigenvalue weighted by Crippen LogP contribution is -1.70. The van der Waals surface area contributed by atoms with E-state index in [-0.39, 0.29) is 0 Å². The number of aromatic amines is 1. The molecule has 0 fully saturated rings. The Kier molecular flexibility index (Phi) is 3.74. The molecule has 0 saturated heterocycles. The Balaban J connectivity index is 0.000000222. The molecule has 1 rings (SSSR count). The van der Waals surface area contributed by atoms with Gasteiger partial charge >= 0.3 is 6.08 Å². The van der Waals surface area contributed by atoms with Crippen molar-refractivity contribution in [3.05, 3.63) is 12.4 Å². The van der Waals surface area contributed by atoms with Gasteiger partial charge in [-0.2, -0.15) is 14.5 Å². The van der Waals surface area contributed by atoms with Gasteiger partial charge in [0.15, 0.2) is 0 Å². The minimum atomic E-state index is -0.644. The first kappa shape index (κ1) is 7.07. The highest BCUT2D eigenvalue weighted by Crippen LogP contribution is 1.74. The van der Waals surface area contributed by atoms with Crippen LogP contribution >= 0.6 is 0 Å². The lowest BCUT2D eigenvalue weighted by Gasteiger charge is -1.60. The van der Waals surface area contributed by atoms with Crippen molar-refractivity contribution < 1.29 is 4.39 Å². The summed E-state index contributed by atoms with van der Waals surface area (Å²) in [7, 11) is 0. The SMILES string of the molecule is CC.Fc1ncn[nH]1. The Hall–Kier alpha value is -0.930. The molecule has 0 amide bonds. The summed E-state index contributed by atoms with van der Waals surface area (Å²) in [6, 6.07) is 0. The van der Waals surface area contributed by atoms with Crippen molar-refractivity contribution in [1.82, 2.24) is 15.2 Å². The number of aromatic nitrogens is 3. The van der Waals surface area contributed by atoms with Gasteiger partial charge in [-0.3, -0.25) is 0 Å². The van der Waals surface area contributed by atoms with Crippen LogP contribution in [0.4, 0.5) is 4.39 Å². The van der Waals surface area contributed by atoms with Crippen molar-refractivity contribution in [1.29, 1.82) is 0 Å². The number of nitrogens with one attached hydrogen (secondary N) is 1. The summed E-state index contributed by atoms with van der Waals surface area (Å²) in [5, 5.41) is 5.18. The summed E-state index contributed by atoms with van der Waals surface area (Å²) in [5.74, 6) is 0. The molecule has 46 valence electrons. The van der Waals surface area contributed by atoms with E-state index in [1.165, 1.54) is 0 Å². The summed E-state index contributed by atoms with van der Waals surface area (Å²) in [6.07, 6.45) is 0.463. The molecule has 0 aliphatic carbocycles. The summed E-state index contributed by atoms with van der Waals surface area (Å²) in [6.45, 7) is 4.00. The molecule has 1 aromatic rings. The quantitative estimate of drug-likeness (QED) is 0.550. The Morgan fingerprint density at radius 1 is 1.62 bits per heavy atom. The van der Waals surface area contributed by atoms with Crippen molar-refractivity contribution in [3.63, 3.8) is 0 Å². The van der Waals surface area contributed by atoms with Crippen molar-refractivity contribution in [2.75, 3.05) is 0 Å². The summed E-state index contributed by atoms with van der Waals surface area (Å²) in [5.41, 5.74) is 0. The standard InChI is InChI=1S/C2H2FN3.C2H6/c3-2-4-1-5-6-2;1-2/h1H,(H,4,5,6);1-2H3. The van der Waals surface area contributed by atoms with Gasteiger partial charge in [0.25, 0.3) is 0 Å². The van der Waals surface area contributed by atoms with Crippen LogP contribution in [0.15, 0.2) is 6.33 Å². The van der Waals surface area contributed by atoms with E-state index < -0.39 is 6.08 Å². The van der Waals surface area contributed by atoms with Crippen molar-refractivity contribution in [2.45, 2.75) is 13.8 Å². The maximum Gasteiger partial charge on any atom is 0.304 e. The smallest absolute Gasteiger partial charge is 0.235 e. The van der Waals surface area contributed by atoms with Crippen LogP contribution < -0.4 is 0 Å². The zero-order chi connectivity index (χ0) is 6.41. The lowest BCUT2D eigenvalue weighted by atomic mass is 11.0. The Labute approximate surface area is 46.9 Å². The van der Waals surface area contributed by atoms with Crippen LogP contribution in [-0.2, 0) is 0 Å². The topological polar surface area (TPSA) is 41.6 Å². The molecule has 1 aromatic heterocycles. The molecule has 0 saturated carbocycles. The Bertz CT molecular complexity index is 115. The number of halogens is 1. The molecule has 3 nitrogen and oxygen atoms in total. The second kappa shape index (κ2) is 4.23. The van der Waals surface area contributed by atoms with Gasteiger partial charge in [0.05, 0.1) is 0 Å². The average Bonchev–Trinajstić information content (AvgIpc) is 2.24. The molecule has 0 radical (unpaired) electrons. The van der Waals surface area contributed by atoms with Crippen LogP contribution in [0.5, 0.6) is 0 Å². The molecule has 0 spiro atoms. The van der Waals surface area contributed by atoms with Crippen molar-refractivity contribution in [2.24, 2.45) is 0 Å². The third kappa shape index (κ3) is 2.28. The van der Waals surface area contributed by atoms with Crippen LogP contribution in [0.2, 0.25) is 0 Å². The van der Waals surface area contributed by atoms with Crippen molar-refractivity contribution >= 4 is 0 Å². The molecule has 1 heterocycles. The third-order valence-electron chi connectivity index (χ3n) is 0.386. The van der Waals surface area contributed by atoms with Gasteiger partial charge in [-0.1, -0.05) is 13.8 Å². The first-order chi connectivity index (χ1) is 3.89. The molecule has 0 unspecified atom stereocenters. The number of hydrogen-bond acceptors (Lipinski definition) is 2. The molecule has 8 heavy (non-hydrogen) atoms. The first-order valence-electron chi connectivity index (χ1n) is 2.40. The fourth-order valence-corrected chi connectivity index (χ4v) is 0.191. The first-order valence-corrected chi connectivity index (χ1v) is 2.40. The van der Waals surface area contributed by atoms with Gasteiger partial charge < -0.3 is 0 Å². The van der Waals surface area contributed by atoms with E-state index in [9.17, 15) is 4.39 Å². The molecule has 0 bridgehead atoms. The van der Waals surface area contributed by atoms with E-state index >= 15 is 0 Å². The molecule has 0 aliphatic rings. The van der Waals surface area contributed by atoms with E-state index in [2.05, 4.69) is 10.1 Å². The largest absolute Gasteiger partial charge is 0.304 e. The van der Waals surface area contributed by atoms with E-state index in [4.69, 9.17) is 0 Å². The second-order valence-corrected chi connectivity index (χ2v) is 0.776. The number of H-pyrrole nitrogens is 1. The summed E-state index contributed by atoms with van der Waals surface area (Å²) in [4.78, 5) is 3.08. The van der Waals surface area contributed by atoms with Crippen LogP contribution in [0.3, 0.4) is 0 Å².